The summed E-state index contributed by atoms with van der Waals surface area (Å²) in [5, 5.41) is 0. The molecule has 2 heteroatoms. The Kier molecular flexibility index (Phi) is 1.97. The molecule has 0 spiro atoms. The second-order valence-electron chi connectivity index (χ2n) is 8.56. The van der Waals surface area contributed by atoms with E-state index in [-0.39, 0.29) is 11.6 Å². The highest BCUT2D eigenvalue weighted by Crippen LogP contribution is 2.64. The van der Waals surface area contributed by atoms with Crippen molar-refractivity contribution in [2.24, 2.45) is 23.2 Å². The molecule has 0 aromatic carbocycles. The third-order valence-electron chi connectivity index (χ3n) is 6.05. The monoisotopic (exact) mass is 247 g/mol. The van der Waals surface area contributed by atoms with Gasteiger partial charge in [-0.25, -0.2) is 0 Å². The van der Waals surface area contributed by atoms with Crippen LogP contribution in [0.25, 0.3) is 0 Å². The highest BCUT2D eigenvalue weighted by atomic mass is 16.2. The summed E-state index contributed by atoms with van der Waals surface area (Å²) in [5.41, 5.74) is 0.421. The predicted octanol–water partition coefficient (Wildman–Crippen LogP) is 3.21. The molecule has 5 rings (SSSR count). The van der Waals surface area contributed by atoms with E-state index in [9.17, 15) is 4.79 Å². The number of hydrogen-bond donors (Lipinski definition) is 0. The minimum Gasteiger partial charge on any atom is -0.323 e. The predicted molar refractivity (Wildman–Crippen MR) is 71.0 cm³/mol. The molecular formula is C16H25NO. The van der Waals surface area contributed by atoms with Gasteiger partial charge in [-0.05, 0) is 77.0 Å². The van der Waals surface area contributed by atoms with Gasteiger partial charge in [-0.1, -0.05) is 0 Å². The maximum absolute atomic E-state index is 12.3. The number of carbonyl (C=O) groups is 1. The van der Waals surface area contributed by atoms with Gasteiger partial charge < -0.3 is 4.90 Å². The van der Waals surface area contributed by atoms with Gasteiger partial charge in [0.15, 0.2) is 0 Å². The minimum absolute atomic E-state index is 0.0328. The molecule has 18 heavy (non-hydrogen) atoms. The summed E-state index contributed by atoms with van der Waals surface area (Å²) in [7, 11) is 0. The van der Waals surface area contributed by atoms with Gasteiger partial charge >= 0.3 is 0 Å². The minimum atomic E-state index is 0.0328. The van der Waals surface area contributed by atoms with Crippen molar-refractivity contribution in [1.82, 2.24) is 4.90 Å². The molecule has 1 aliphatic heterocycles. The molecule has 0 unspecified atom stereocenters. The molecule has 2 nitrogen and oxygen atoms in total. The highest BCUT2D eigenvalue weighted by Gasteiger charge is 2.66. The van der Waals surface area contributed by atoms with Crippen molar-refractivity contribution in [1.29, 1.82) is 0 Å². The summed E-state index contributed by atoms with van der Waals surface area (Å²) < 4.78 is 0. The van der Waals surface area contributed by atoms with E-state index in [0.29, 0.717) is 11.3 Å². The molecule has 5 aliphatic rings. The van der Waals surface area contributed by atoms with Gasteiger partial charge in [-0.15, -0.1) is 0 Å². The topological polar surface area (TPSA) is 20.1 Å². The third kappa shape index (κ3) is 1.38. The zero-order valence-corrected chi connectivity index (χ0v) is 11.9. The first-order valence-electron chi connectivity index (χ1n) is 7.72. The quantitative estimate of drug-likeness (QED) is 0.651. The maximum Gasteiger partial charge on any atom is 0.247 e. The first kappa shape index (κ1) is 11.3. The molecule has 100 valence electrons. The van der Waals surface area contributed by atoms with Crippen molar-refractivity contribution < 1.29 is 4.79 Å². The van der Waals surface area contributed by atoms with E-state index in [1.54, 1.807) is 0 Å². The largest absolute Gasteiger partial charge is 0.323 e. The number of rotatable bonds is 1. The third-order valence-corrected chi connectivity index (χ3v) is 6.05. The highest BCUT2D eigenvalue weighted by molar-refractivity contribution is 5.98. The molecule has 0 aromatic rings. The summed E-state index contributed by atoms with van der Waals surface area (Å²) in [6.45, 7) is 6.56. The molecule has 4 aliphatic carbocycles. The van der Waals surface area contributed by atoms with Crippen molar-refractivity contribution in [3.05, 3.63) is 0 Å². The fourth-order valence-corrected chi connectivity index (χ4v) is 5.94. The number of amides is 1. The first-order chi connectivity index (χ1) is 8.39. The molecule has 5 fully saturated rings. The molecule has 4 saturated carbocycles. The van der Waals surface area contributed by atoms with Crippen molar-refractivity contribution in [2.75, 3.05) is 0 Å². The molecular weight excluding hydrogens is 222 g/mol. The first-order valence-corrected chi connectivity index (χ1v) is 7.72. The fraction of sp³-hybridized carbons (Fsp3) is 0.938. The Balaban J connectivity index is 1.64. The smallest absolute Gasteiger partial charge is 0.247 e. The van der Waals surface area contributed by atoms with E-state index >= 15 is 0 Å². The lowest BCUT2D eigenvalue weighted by atomic mass is 9.48. The van der Waals surface area contributed by atoms with Crippen LogP contribution in [0.1, 0.15) is 59.3 Å². The Hall–Kier alpha value is -0.530. The SMILES string of the molecule is CC(C)(C)N1C(=O)[C@H]1C12CC3CC(CC(C3)C1)C2. The van der Waals surface area contributed by atoms with Gasteiger partial charge in [0.05, 0.1) is 0 Å². The summed E-state index contributed by atoms with van der Waals surface area (Å²) >= 11 is 0. The summed E-state index contributed by atoms with van der Waals surface area (Å²) in [6.07, 6.45) is 8.45. The van der Waals surface area contributed by atoms with Crippen LogP contribution in [0.5, 0.6) is 0 Å². The second-order valence-corrected chi connectivity index (χ2v) is 8.56. The van der Waals surface area contributed by atoms with Crippen LogP contribution in [0.15, 0.2) is 0 Å². The lowest BCUT2D eigenvalue weighted by Gasteiger charge is -2.56. The lowest BCUT2D eigenvalue weighted by Crippen LogP contribution is -2.50. The number of carbonyl (C=O) groups excluding carboxylic acids is 1. The van der Waals surface area contributed by atoms with Crippen LogP contribution in [-0.2, 0) is 4.79 Å². The Morgan fingerprint density at radius 2 is 1.44 bits per heavy atom. The van der Waals surface area contributed by atoms with Crippen LogP contribution in [0.3, 0.4) is 0 Å². The Labute approximate surface area is 110 Å². The van der Waals surface area contributed by atoms with Crippen LogP contribution in [0.2, 0.25) is 0 Å². The van der Waals surface area contributed by atoms with E-state index in [4.69, 9.17) is 0 Å². The van der Waals surface area contributed by atoms with Gasteiger partial charge in [-0.2, -0.15) is 0 Å². The molecule has 0 radical (unpaired) electrons. The Bertz CT molecular complexity index is 371. The van der Waals surface area contributed by atoms with Crippen LogP contribution in [-0.4, -0.2) is 22.4 Å². The number of nitrogens with zero attached hydrogens (tertiary/aromatic N) is 1. The van der Waals surface area contributed by atoms with Gasteiger partial charge in [0.1, 0.15) is 6.04 Å². The van der Waals surface area contributed by atoms with E-state index in [1.165, 1.54) is 38.5 Å². The van der Waals surface area contributed by atoms with Crippen LogP contribution >= 0.6 is 0 Å². The summed E-state index contributed by atoms with van der Waals surface area (Å²) in [4.78, 5) is 14.5. The molecule has 1 saturated heterocycles. The van der Waals surface area contributed by atoms with Crippen LogP contribution in [0.4, 0.5) is 0 Å². The molecule has 0 N–H and O–H groups in total. The average Bonchev–Trinajstić information content (AvgIpc) is 2.88. The fourth-order valence-electron chi connectivity index (χ4n) is 5.94. The maximum atomic E-state index is 12.3. The molecule has 1 heterocycles. The Morgan fingerprint density at radius 3 is 1.78 bits per heavy atom. The summed E-state index contributed by atoms with van der Waals surface area (Å²) in [5.74, 6) is 3.30. The van der Waals surface area contributed by atoms with Crippen molar-refractivity contribution in [2.45, 2.75) is 70.9 Å². The van der Waals surface area contributed by atoms with Crippen molar-refractivity contribution in [3.8, 4) is 0 Å². The Morgan fingerprint density at radius 1 is 1.00 bits per heavy atom. The van der Waals surface area contributed by atoms with Gasteiger partial charge in [0.25, 0.3) is 0 Å². The van der Waals surface area contributed by atoms with E-state index in [2.05, 4.69) is 25.7 Å². The van der Waals surface area contributed by atoms with Crippen LogP contribution < -0.4 is 0 Å². The standard InChI is InChI=1S/C16H25NO/c1-15(2,3)17-13(14(17)18)16-7-10-4-11(8-16)6-12(5-10)9-16/h10-13H,4-9H2,1-3H3/t10?,11?,12?,13-,16?,17?/m0/s1. The van der Waals surface area contributed by atoms with Crippen molar-refractivity contribution >= 4 is 5.91 Å². The second kappa shape index (κ2) is 3.13. The lowest BCUT2D eigenvalue weighted by molar-refractivity contribution is -0.116. The van der Waals surface area contributed by atoms with Crippen LogP contribution in [0, 0.1) is 23.2 Å². The van der Waals surface area contributed by atoms with Gasteiger partial charge in [0, 0.05) is 11.0 Å². The zero-order chi connectivity index (χ0) is 12.7. The normalized spacial score (nSPS) is 49.9. The van der Waals surface area contributed by atoms with Gasteiger partial charge in [-0.3, -0.25) is 4.79 Å². The average molecular weight is 247 g/mol. The molecule has 4 bridgehead atoms. The zero-order valence-electron chi connectivity index (χ0n) is 11.9. The van der Waals surface area contributed by atoms with E-state index in [1.807, 2.05) is 0 Å². The number of hydrogen-bond acceptors (Lipinski definition) is 1. The molecule has 0 aromatic heterocycles. The van der Waals surface area contributed by atoms with Gasteiger partial charge in [0.2, 0.25) is 5.91 Å². The van der Waals surface area contributed by atoms with E-state index in [0.717, 1.165) is 17.8 Å². The molecule has 1 amide bonds. The molecule has 1 atom stereocenters. The van der Waals surface area contributed by atoms with Crippen molar-refractivity contribution in [3.63, 3.8) is 0 Å². The van der Waals surface area contributed by atoms with E-state index < -0.39 is 0 Å². The summed E-state index contributed by atoms with van der Waals surface area (Å²) in [6, 6.07) is 0.283.